The zero-order valence-corrected chi connectivity index (χ0v) is 10.1. The van der Waals surface area contributed by atoms with E-state index >= 15 is 0 Å². The second-order valence-electron chi connectivity index (χ2n) is 4.07. The van der Waals surface area contributed by atoms with Gasteiger partial charge in [-0.2, -0.15) is 5.48 Å². The standard InChI is InChI=1S/C11H20N4O3/c1-2-3-18-15-9-6-14-8(11(13)17)4-7(9)5-10(12)16/h2,4,8-10,14-16H,1,3,5-6,12H2,(H2,13,17)/t8?,9-,10+/m0/s1. The lowest BCUT2D eigenvalue weighted by molar-refractivity contribution is -0.119. The number of rotatable bonds is 7. The van der Waals surface area contributed by atoms with E-state index in [9.17, 15) is 9.90 Å². The van der Waals surface area contributed by atoms with Gasteiger partial charge in [-0.3, -0.25) is 9.63 Å². The third kappa shape index (κ3) is 4.55. The maximum atomic E-state index is 11.1. The summed E-state index contributed by atoms with van der Waals surface area (Å²) in [5.74, 6) is -0.468. The number of hydroxylamine groups is 1. The largest absolute Gasteiger partial charge is 0.379 e. The number of carbonyl (C=O) groups is 1. The number of aliphatic hydroxyl groups is 1. The van der Waals surface area contributed by atoms with Gasteiger partial charge in [-0.05, 0) is 5.57 Å². The zero-order valence-electron chi connectivity index (χ0n) is 10.1. The minimum absolute atomic E-state index is 0.168. The number of aliphatic hydroxyl groups excluding tert-OH is 1. The Hall–Kier alpha value is -1.25. The molecule has 1 aliphatic rings. The van der Waals surface area contributed by atoms with Crippen molar-refractivity contribution in [3.05, 3.63) is 24.3 Å². The van der Waals surface area contributed by atoms with Crippen molar-refractivity contribution in [3.63, 3.8) is 0 Å². The van der Waals surface area contributed by atoms with Crippen molar-refractivity contribution in [2.45, 2.75) is 24.7 Å². The first kappa shape index (κ1) is 14.8. The van der Waals surface area contributed by atoms with E-state index in [1.165, 1.54) is 0 Å². The smallest absolute Gasteiger partial charge is 0.238 e. The summed E-state index contributed by atoms with van der Waals surface area (Å²) in [7, 11) is 0. The van der Waals surface area contributed by atoms with Gasteiger partial charge in [-0.1, -0.05) is 12.2 Å². The predicted octanol–water partition coefficient (Wildman–Crippen LogP) is -1.89. The van der Waals surface area contributed by atoms with E-state index in [1.807, 2.05) is 0 Å². The lowest BCUT2D eigenvalue weighted by Crippen LogP contribution is -2.52. The minimum Gasteiger partial charge on any atom is -0.379 e. The Bertz CT molecular complexity index is 330. The van der Waals surface area contributed by atoms with Gasteiger partial charge in [0.1, 0.15) is 12.3 Å². The summed E-state index contributed by atoms with van der Waals surface area (Å²) < 4.78 is 0. The Kier molecular flexibility index (Phi) is 5.96. The molecule has 0 aromatic heterocycles. The highest BCUT2D eigenvalue weighted by molar-refractivity contribution is 5.82. The molecule has 0 radical (unpaired) electrons. The monoisotopic (exact) mass is 256 g/mol. The summed E-state index contributed by atoms with van der Waals surface area (Å²) in [5, 5.41) is 12.2. The molecule has 0 fully saturated rings. The molecule has 7 nitrogen and oxygen atoms in total. The van der Waals surface area contributed by atoms with Crippen molar-refractivity contribution in [3.8, 4) is 0 Å². The highest BCUT2D eigenvalue weighted by Crippen LogP contribution is 2.14. The Labute approximate surface area is 106 Å². The molecule has 18 heavy (non-hydrogen) atoms. The summed E-state index contributed by atoms with van der Waals surface area (Å²) in [4.78, 5) is 16.3. The first-order chi connectivity index (χ1) is 8.54. The number of nitrogens with one attached hydrogen (secondary N) is 2. The maximum Gasteiger partial charge on any atom is 0.238 e. The molecule has 0 saturated carbocycles. The van der Waals surface area contributed by atoms with Crippen LogP contribution in [-0.2, 0) is 9.63 Å². The van der Waals surface area contributed by atoms with Crippen LogP contribution in [0.25, 0.3) is 0 Å². The van der Waals surface area contributed by atoms with Crippen LogP contribution in [0.3, 0.4) is 0 Å². The molecule has 3 atom stereocenters. The normalized spacial score (nSPS) is 25.3. The maximum absolute atomic E-state index is 11.1. The van der Waals surface area contributed by atoms with E-state index in [4.69, 9.17) is 16.3 Å². The average molecular weight is 256 g/mol. The molecule has 1 unspecified atom stereocenters. The average Bonchev–Trinajstić information content (AvgIpc) is 2.30. The molecule has 7 N–H and O–H groups in total. The summed E-state index contributed by atoms with van der Waals surface area (Å²) in [6.45, 7) is 4.35. The molecule has 0 aromatic carbocycles. The molecule has 102 valence electrons. The molecule has 1 heterocycles. The topological polar surface area (TPSA) is 123 Å². The van der Waals surface area contributed by atoms with Crippen molar-refractivity contribution in [2.24, 2.45) is 11.5 Å². The Morgan fingerprint density at radius 3 is 3.11 bits per heavy atom. The van der Waals surface area contributed by atoms with E-state index in [-0.39, 0.29) is 12.5 Å². The molecular formula is C11H20N4O3. The van der Waals surface area contributed by atoms with Crippen LogP contribution >= 0.6 is 0 Å². The van der Waals surface area contributed by atoms with E-state index in [0.29, 0.717) is 13.2 Å². The molecule has 0 aromatic rings. The number of hydrogen-bond donors (Lipinski definition) is 5. The van der Waals surface area contributed by atoms with Gasteiger partial charge < -0.3 is 21.9 Å². The Morgan fingerprint density at radius 1 is 1.83 bits per heavy atom. The van der Waals surface area contributed by atoms with Crippen molar-refractivity contribution in [1.29, 1.82) is 0 Å². The van der Waals surface area contributed by atoms with Crippen LogP contribution in [0.4, 0.5) is 0 Å². The third-order valence-corrected chi connectivity index (χ3v) is 2.55. The number of hydrogen-bond acceptors (Lipinski definition) is 6. The zero-order chi connectivity index (χ0) is 13.5. The van der Waals surface area contributed by atoms with Gasteiger partial charge in [0.05, 0.1) is 12.6 Å². The van der Waals surface area contributed by atoms with E-state index in [2.05, 4.69) is 17.4 Å². The highest BCUT2D eigenvalue weighted by atomic mass is 16.6. The molecule has 7 heteroatoms. The van der Waals surface area contributed by atoms with Crippen molar-refractivity contribution < 1.29 is 14.7 Å². The van der Waals surface area contributed by atoms with Gasteiger partial charge >= 0.3 is 0 Å². The first-order valence-corrected chi connectivity index (χ1v) is 5.69. The lowest BCUT2D eigenvalue weighted by atomic mass is 9.96. The van der Waals surface area contributed by atoms with E-state index < -0.39 is 18.2 Å². The number of nitrogens with two attached hydrogens (primary N) is 2. The molecule has 0 bridgehead atoms. The Morgan fingerprint density at radius 2 is 2.56 bits per heavy atom. The van der Waals surface area contributed by atoms with Gasteiger partial charge in [-0.15, -0.1) is 6.58 Å². The quantitative estimate of drug-likeness (QED) is 0.157. The van der Waals surface area contributed by atoms with Crippen LogP contribution in [-0.4, -0.2) is 42.5 Å². The van der Waals surface area contributed by atoms with Crippen LogP contribution in [0.5, 0.6) is 0 Å². The highest BCUT2D eigenvalue weighted by Gasteiger charge is 2.25. The van der Waals surface area contributed by atoms with Crippen LogP contribution < -0.4 is 22.3 Å². The minimum atomic E-state index is -0.980. The van der Waals surface area contributed by atoms with Crippen molar-refractivity contribution in [1.82, 2.24) is 10.8 Å². The predicted molar refractivity (Wildman–Crippen MR) is 67.0 cm³/mol. The van der Waals surface area contributed by atoms with Crippen LogP contribution in [0.2, 0.25) is 0 Å². The van der Waals surface area contributed by atoms with Crippen LogP contribution in [0, 0.1) is 0 Å². The van der Waals surface area contributed by atoms with Gasteiger partial charge in [-0.25, -0.2) is 0 Å². The fourth-order valence-corrected chi connectivity index (χ4v) is 1.72. The van der Waals surface area contributed by atoms with Gasteiger partial charge in [0.2, 0.25) is 5.91 Å². The second kappa shape index (κ2) is 7.24. The van der Waals surface area contributed by atoms with E-state index in [0.717, 1.165) is 5.57 Å². The number of amides is 1. The molecule has 1 rings (SSSR count). The summed E-state index contributed by atoms with van der Waals surface area (Å²) in [6.07, 6.45) is 2.54. The molecular weight excluding hydrogens is 236 g/mol. The summed E-state index contributed by atoms with van der Waals surface area (Å²) >= 11 is 0. The number of carbonyl (C=O) groups excluding carboxylic acids is 1. The fourth-order valence-electron chi connectivity index (χ4n) is 1.72. The lowest BCUT2D eigenvalue weighted by Gasteiger charge is -2.29. The molecule has 0 spiro atoms. The SMILES string of the molecule is C=CCON[C@H]1CNC(C(N)=O)C=C1C[C@H](N)O. The first-order valence-electron chi connectivity index (χ1n) is 5.69. The third-order valence-electron chi connectivity index (χ3n) is 2.55. The van der Waals surface area contributed by atoms with Gasteiger partial charge in [0.15, 0.2) is 0 Å². The molecule has 1 amide bonds. The molecule has 1 aliphatic heterocycles. The summed E-state index contributed by atoms with van der Waals surface area (Å²) in [5.41, 5.74) is 14.2. The number of primary amides is 1. The summed E-state index contributed by atoms with van der Waals surface area (Å²) in [6, 6.07) is -0.713. The fraction of sp³-hybridized carbons (Fsp3) is 0.545. The van der Waals surface area contributed by atoms with Crippen molar-refractivity contribution >= 4 is 5.91 Å². The van der Waals surface area contributed by atoms with Crippen LogP contribution in [0.15, 0.2) is 24.3 Å². The van der Waals surface area contributed by atoms with Gasteiger partial charge in [0.25, 0.3) is 0 Å². The van der Waals surface area contributed by atoms with Crippen LogP contribution in [0.1, 0.15) is 6.42 Å². The van der Waals surface area contributed by atoms with Crippen molar-refractivity contribution in [2.75, 3.05) is 13.2 Å². The molecule has 0 aliphatic carbocycles. The Balaban J connectivity index is 2.68. The molecule has 0 saturated heterocycles. The second-order valence-corrected chi connectivity index (χ2v) is 4.07. The van der Waals surface area contributed by atoms with E-state index in [1.54, 1.807) is 12.2 Å². The van der Waals surface area contributed by atoms with Gasteiger partial charge in [0, 0.05) is 13.0 Å².